The molecule has 0 bridgehead atoms. The average molecular weight is 90.1 g/mol. The Morgan fingerprint density at radius 2 is 2.67 bits per heavy atom. The molecular weight excluding hydrogens is 84.0 g/mol. The van der Waals surface area contributed by atoms with Crippen molar-refractivity contribution in [2.45, 2.75) is 0 Å². The minimum Gasteiger partial charge on any atom is -0.411 e. The molecule has 0 fully saturated rings. The van der Waals surface area contributed by atoms with E-state index in [9.17, 15) is 0 Å². The number of nitrogens with zero attached hydrogens (tertiary/aromatic N) is 1. The van der Waals surface area contributed by atoms with Crippen LogP contribution in [0.2, 0.25) is 0 Å². The van der Waals surface area contributed by atoms with Crippen molar-refractivity contribution in [3.8, 4) is 0 Å². The van der Waals surface area contributed by atoms with Crippen LogP contribution in [-0.4, -0.2) is 18.0 Å². The van der Waals surface area contributed by atoms with Crippen molar-refractivity contribution in [2.75, 3.05) is 6.61 Å². The first-order chi connectivity index (χ1) is 2.91. The summed E-state index contributed by atoms with van der Waals surface area (Å²) in [5.41, 5.74) is 0. The molecule has 4 nitrogen and oxygen atoms in total. The molecule has 3 N–H and O–H groups in total. The predicted molar refractivity (Wildman–Crippen MR) is 20.4 cm³/mol. The van der Waals surface area contributed by atoms with Crippen molar-refractivity contribution in [2.24, 2.45) is 11.1 Å². The second-order valence-corrected chi connectivity index (χ2v) is 0.631. The van der Waals surface area contributed by atoms with Crippen LogP contribution < -0.4 is 5.90 Å². The van der Waals surface area contributed by atoms with Crippen molar-refractivity contribution in [1.29, 1.82) is 0 Å². The zero-order valence-electron chi connectivity index (χ0n) is 3.16. The first-order valence-corrected chi connectivity index (χ1v) is 1.39. The summed E-state index contributed by atoms with van der Waals surface area (Å²) in [5.74, 6) is 4.51. The van der Waals surface area contributed by atoms with Crippen LogP contribution in [0.25, 0.3) is 0 Å². The van der Waals surface area contributed by atoms with Gasteiger partial charge in [0.1, 0.15) is 6.61 Å². The van der Waals surface area contributed by atoms with Gasteiger partial charge in [-0.05, 0) is 0 Å². The Morgan fingerprint density at radius 1 is 2.00 bits per heavy atom. The van der Waals surface area contributed by atoms with Crippen LogP contribution in [0.4, 0.5) is 0 Å². The lowest BCUT2D eigenvalue weighted by atomic mass is 10.8. The van der Waals surface area contributed by atoms with Crippen LogP contribution in [0.5, 0.6) is 0 Å². The zero-order valence-corrected chi connectivity index (χ0v) is 3.16. The molecule has 0 heterocycles. The standard InChI is InChI=1S/C2H6N2O2/c3-6-2-1-4-5/h1,5H,2-3H2. The molecule has 36 valence electrons. The van der Waals surface area contributed by atoms with Crippen molar-refractivity contribution >= 4 is 6.21 Å². The fourth-order valence-corrected chi connectivity index (χ4v) is 0.0764. The molecule has 0 aromatic carbocycles. The predicted octanol–water partition coefficient (Wildman–Crippen LogP) is -0.663. The molecule has 0 aliphatic carbocycles. The lowest BCUT2D eigenvalue weighted by molar-refractivity contribution is 0.177. The quantitative estimate of drug-likeness (QED) is 0.268. The Hall–Kier alpha value is -0.610. The summed E-state index contributed by atoms with van der Waals surface area (Å²) in [6, 6.07) is 0. The Balaban J connectivity index is 2.66. The highest BCUT2D eigenvalue weighted by Crippen LogP contribution is 1.52. The maximum Gasteiger partial charge on any atom is 0.106 e. The van der Waals surface area contributed by atoms with E-state index in [2.05, 4.69) is 15.9 Å². The third-order valence-corrected chi connectivity index (χ3v) is 0.252. The van der Waals surface area contributed by atoms with E-state index >= 15 is 0 Å². The van der Waals surface area contributed by atoms with Gasteiger partial charge in [-0.25, -0.2) is 5.90 Å². The molecule has 0 aliphatic heterocycles. The van der Waals surface area contributed by atoms with Gasteiger partial charge in [0.15, 0.2) is 0 Å². The molecular formula is C2H6N2O2. The van der Waals surface area contributed by atoms with Gasteiger partial charge in [-0.3, -0.25) is 4.84 Å². The van der Waals surface area contributed by atoms with Crippen LogP contribution in [0.15, 0.2) is 5.16 Å². The van der Waals surface area contributed by atoms with Crippen molar-refractivity contribution in [1.82, 2.24) is 0 Å². The molecule has 0 aliphatic rings. The smallest absolute Gasteiger partial charge is 0.106 e. The Labute approximate surface area is 35.2 Å². The molecule has 6 heavy (non-hydrogen) atoms. The van der Waals surface area contributed by atoms with Crippen LogP contribution in [0, 0.1) is 0 Å². The van der Waals surface area contributed by atoms with Gasteiger partial charge in [-0.15, -0.1) is 0 Å². The normalized spacial score (nSPS) is 10.2. The second kappa shape index (κ2) is 4.39. The van der Waals surface area contributed by atoms with Gasteiger partial charge in [0.05, 0.1) is 6.21 Å². The van der Waals surface area contributed by atoms with E-state index in [1.54, 1.807) is 0 Å². The fraction of sp³-hybridized carbons (Fsp3) is 0.500. The Morgan fingerprint density at radius 3 is 2.83 bits per heavy atom. The summed E-state index contributed by atoms with van der Waals surface area (Å²) in [4.78, 5) is 3.97. The average Bonchev–Trinajstić information content (AvgIpc) is 1.61. The minimum atomic E-state index is 0.149. The molecule has 0 aromatic heterocycles. The lowest BCUT2D eigenvalue weighted by Crippen LogP contribution is -2.00. The van der Waals surface area contributed by atoms with E-state index in [0.29, 0.717) is 0 Å². The molecule has 0 aromatic rings. The lowest BCUT2D eigenvalue weighted by Gasteiger charge is -1.79. The SMILES string of the molecule is NOCC=NO. The van der Waals surface area contributed by atoms with Crippen LogP contribution in [0.3, 0.4) is 0 Å². The number of hydrogen-bond acceptors (Lipinski definition) is 4. The van der Waals surface area contributed by atoms with E-state index < -0.39 is 0 Å². The third-order valence-electron chi connectivity index (χ3n) is 0.252. The molecule has 0 atom stereocenters. The fourth-order valence-electron chi connectivity index (χ4n) is 0.0764. The number of hydrogen-bond donors (Lipinski definition) is 2. The summed E-state index contributed by atoms with van der Waals surface area (Å²) in [7, 11) is 0. The van der Waals surface area contributed by atoms with Gasteiger partial charge in [0.25, 0.3) is 0 Å². The highest BCUT2D eigenvalue weighted by molar-refractivity contribution is 5.57. The highest BCUT2D eigenvalue weighted by Gasteiger charge is 1.66. The summed E-state index contributed by atoms with van der Waals surface area (Å²) in [5, 5.41) is 10.2. The molecule has 0 saturated carbocycles. The van der Waals surface area contributed by atoms with E-state index in [1.807, 2.05) is 0 Å². The van der Waals surface area contributed by atoms with Gasteiger partial charge in [-0.1, -0.05) is 5.16 Å². The van der Waals surface area contributed by atoms with Crippen LogP contribution in [-0.2, 0) is 4.84 Å². The van der Waals surface area contributed by atoms with Gasteiger partial charge in [-0.2, -0.15) is 0 Å². The largest absolute Gasteiger partial charge is 0.411 e. The molecule has 0 amide bonds. The van der Waals surface area contributed by atoms with Crippen molar-refractivity contribution in [3.63, 3.8) is 0 Å². The maximum atomic E-state index is 7.63. The summed E-state index contributed by atoms with van der Waals surface area (Å²) >= 11 is 0. The summed E-state index contributed by atoms with van der Waals surface area (Å²) in [6.45, 7) is 0.149. The summed E-state index contributed by atoms with van der Waals surface area (Å²) in [6.07, 6.45) is 1.14. The Bertz CT molecular complexity index is 44.8. The van der Waals surface area contributed by atoms with Crippen molar-refractivity contribution in [3.05, 3.63) is 0 Å². The topological polar surface area (TPSA) is 67.8 Å². The van der Waals surface area contributed by atoms with Crippen LogP contribution in [0.1, 0.15) is 0 Å². The van der Waals surface area contributed by atoms with Crippen LogP contribution >= 0.6 is 0 Å². The highest BCUT2D eigenvalue weighted by atomic mass is 16.6. The molecule has 0 radical (unpaired) electrons. The first-order valence-electron chi connectivity index (χ1n) is 1.39. The summed E-state index contributed by atoms with van der Waals surface area (Å²) < 4.78 is 0. The number of oxime groups is 1. The van der Waals surface area contributed by atoms with E-state index in [0.717, 1.165) is 6.21 Å². The first kappa shape index (κ1) is 5.39. The molecule has 0 unspecified atom stereocenters. The van der Waals surface area contributed by atoms with E-state index in [-0.39, 0.29) is 6.61 Å². The third kappa shape index (κ3) is 3.39. The van der Waals surface area contributed by atoms with Gasteiger partial charge in [0, 0.05) is 0 Å². The van der Waals surface area contributed by atoms with E-state index in [1.165, 1.54) is 0 Å². The molecule has 0 spiro atoms. The minimum absolute atomic E-state index is 0.149. The molecule has 0 saturated heterocycles. The Kier molecular flexibility index (Phi) is 3.94. The number of rotatable bonds is 2. The van der Waals surface area contributed by atoms with Gasteiger partial charge >= 0.3 is 0 Å². The zero-order chi connectivity index (χ0) is 4.83. The van der Waals surface area contributed by atoms with Gasteiger partial charge < -0.3 is 5.21 Å². The molecule has 0 rings (SSSR count). The number of nitrogens with two attached hydrogens (primary N) is 1. The van der Waals surface area contributed by atoms with Crippen molar-refractivity contribution < 1.29 is 10.0 Å². The van der Waals surface area contributed by atoms with Gasteiger partial charge in [0.2, 0.25) is 0 Å². The molecule has 4 heteroatoms. The monoisotopic (exact) mass is 90.0 g/mol. The second-order valence-electron chi connectivity index (χ2n) is 0.631. The maximum absolute atomic E-state index is 7.63. The van der Waals surface area contributed by atoms with E-state index in [4.69, 9.17) is 5.21 Å².